The van der Waals surface area contributed by atoms with Crippen molar-refractivity contribution in [1.29, 1.82) is 0 Å². The van der Waals surface area contributed by atoms with Gasteiger partial charge in [0, 0.05) is 4.47 Å². The number of halogens is 1. The third kappa shape index (κ3) is 3.23. The van der Waals surface area contributed by atoms with E-state index in [9.17, 15) is 4.79 Å². The SMILES string of the molecule is CCCOC(=O)c1ccc(Br)cc1OC. The van der Waals surface area contributed by atoms with Gasteiger partial charge in [0.2, 0.25) is 0 Å². The fourth-order valence-electron chi connectivity index (χ4n) is 1.11. The summed E-state index contributed by atoms with van der Waals surface area (Å²) in [6.07, 6.45) is 0.810. The van der Waals surface area contributed by atoms with Crippen LogP contribution in [0.4, 0.5) is 0 Å². The number of carbonyl (C=O) groups is 1. The van der Waals surface area contributed by atoms with Gasteiger partial charge in [-0.1, -0.05) is 22.9 Å². The lowest BCUT2D eigenvalue weighted by Crippen LogP contribution is -2.07. The molecule has 0 bridgehead atoms. The van der Waals surface area contributed by atoms with Crippen molar-refractivity contribution in [3.8, 4) is 5.75 Å². The fraction of sp³-hybridized carbons (Fsp3) is 0.364. The molecule has 0 spiro atoms. The van der Waals surface area contributed by atoms with E-state index in [1.807, 2.05) is 6.92 Å². The van der Waals surface area contributed by atoms with E-state index in [0.717, 1.165) is 10.9 Å². The third-order valence-electron chi connectivity index (χ3n) is 1.82. The van der Waals surface area contributed by atoms with Crippen LogP contribution in [0.2, 0.25) is 0 Å². The van der Waals surface area contributed by atoms with E-state index in [4.69, 9.17) is 9.47 Å². The Morgan fingerprint density at radius 1 is 1.47 bits per heavy atom. The van der Waals surface area contributed by atoms with Gasteiger partial charge in [0.15, 0.2) is 0 Å². The Hall–Kier alpha value is -1.03. The molecule has 0 saturated heterocycles. The maximum atomic E-state index is 11.6. The van der Waals surface area contributed by atoms with Crippen LogP contribution in [-0.2, 0) is 4.74 Å². The highest BCUT2D eigenvalue weighted by molar-refractivity contribution is 9.10. The highest BCUT2D eigenvalue weighted by atomic mass is 79.9. The van der Waals surface area contributed by atoms with E-state index in [0.29, 0.717) is 17.9 Å². The lowest BCUT2D eigenvalue weighted by atomic mass is 10.2. The van der Waals surface area contributed by atoms with E-state index in [1.54, 1.807) is 18.2 Å². The minimum atomic E-state index is -0.346. The van der Waals surface area contributed by atoms with Crippen LogP contribution in [0.3, 0.4) is 0 Å². The van der Waals surface area contributed by atoms with E-state index in [2.05, 4.69) is 15.9 Å². The topological polar surface area (TPSA) is 35.5 Å². The predicted octanol–water partition coefficient (Wildman–Crippen LogP) is 3.02. The summed E-state index contributed by atoms with van der Waals surface area (Å²) in [5, 5.41) is 0. The average Bonchev–Trinajstić information content (AvgIpc) is 2.25. The molecule has 0 N–H and O–H groups in total. The molecule has 0 aromatic heterocycles. The van der Waals surface area contributed by atoms with Crippen LogP contribution in [0.5, 0.6) is 5.75 Å². The molecule has 82 valence electrons. The van der Waals surface area contributed by atoms with Gasteiger partial charge in [-0.3, -0.25) is 0 Å². The summed E-state index contributed by atoms with van der Waals surface area (Å²) < 4.78 is 11.0. The Morgan fingerprint density at radius 2 is 2.20 bits per heavy atom. The molecule has 0 fully saturated rings. The van der Waals surface area contributed by atoms with Gasteiger partial charge in [-0.05, 0) is 24.6 Å². The lowest BCUT2D eigenvalue weighted by Gasteiger charge is -2.08. The van der Waals surface area contributed by atoms with Gasteiger partial charge in [0.1, 0.15) is 11.3 Å². The van der Waals surface area contributed by atoms with Gasteiger partial charge < -0.3 is 9.47 Å². The summed E-state index contributed by atoms with van der Waals surface area (Å²) in [7, 11) is 1.53. The molecule has 3 nitrogen and oxygen atoms in total. The van der Waals surface area contributed by atoms with Crippen LogP contribution >= 0.6 is 15.9 Å². The van der Waals surface area contributed by atoms with Gasteiger partial charge >= 0.3 is 5.97 Å². The van der Waals surface area contributed by atoms with E-state index < -0.39 is 0 Å². The van der Waals surface area contributed by atoms with Gasteiger partial charge in [0.05, 0.1) is 13.7 Å². The van der Waals surface area contributed by atoms with Crippen molar-refractivity contribution in [1.82, 2.24) is 0 Å². The molecule has 1 aromatic rings. The molecule has 0 amide bonds. The first-order valence-electron chi connectivity index (χ1n) is 4.69. The zero-order valence-electron chi connectivity index (χ0n) is 8.75. The number of benzene rings is 1. The molecule has 1 rings (SSSR count). The second-order valence-electron chi connectivity index (χ2n) is 2.98. The highest BCUT2D eigenvalue weighted by Gasteiger charge is 2.13. The van der Waals surface area contributed by atoms with Crippen molar-refractivity contribution in [3.05, 3.63) is 28.2 Å². The van der Waals surface area contributed by atoms with E-state index in [-0.39, 0.29) is 5.97 Å². The van der Waals surface area contributed by atoms with Gasteiger partial charge in [-0.15, -0.1) is 0 Å². The van der Waals surface area contributed by atoms with Crippen LogP contribution < -0.4 is 4.74 Å². The Kier molecular flexibility index (Phi) is 4.62. The van der Waals surface area contributed by atoms with Crippen LogP contribution in [-0.4, -0.2) is 19.7 Å². The Morgan fingerprint density at radius 3 is 2.80 bits per heavy atom. The minimum absolute atomic E-state index is 0.346. The number of ether oxygens (including phenoxy) is 2. The second-order valence-corrected chi connectivity index (χ2v) is 3.90. The standard InChI is InChI=1S/C11H13BrO3/c1-3-6-15-11(13)9-5-4-8(12)7-10(9)14-2/h4-5,7H,3,6H2,1-2H3. The minimum Gasteiger partial charge on any atom is -0.496 e. The Balaban J connectivity index is 2.87. The first-order valence-corrected chi connectivity index (χ1v) is 5.49. The molecule has 0 saturated carbocycles. The highest BCUT2D eigenvalue weighted by Crippen LogP contribution is 2.24. The van der Waals surface area contributed by atoms with Crippen molar-refractivity contribution in [2.24, 2.45) is 0 Å². The van der Waals surface area contributed by atoms with Crippen LogP contribution in [0.1, 0.15) is 23.7 Å². The molecule has 15 heavy (non-hydrogen) atoms. The van der Waals surface area contributed by atoms with Gasteiger partial charge in [0.25, 0.3) is 0 Å². The third-order valence-corrected chi connectivity index (χ3v) is 2.31. The van der Waals surface area contributed by atoms with Crippen molar-refractivity contribution < 1.29 is 14.3 Å². The normalized spacial score (nSPS) is 9.80. The number of esters is 1. The fourth-order valence-corrected chi connectivity index (χ4v) is 1.45. The number of hydrogen-bond donors (Lipinski definition) is 0. The quantitative estimate of drug-likeness (QED) is 0.791. The average molecular weight is 273 g/mol. The number of rotatable bonds is 4. The van der Waals surface area contributed by atoms with Crippen molar-refractivity contribution >= 4 is 21.9 Å². The molecule has 0 aliphatic heterocycles. The molecular weight excluding hydrogens is 260 g/mol. The number of methoxy groups -OCH3 is 1. The first-order chi connectivity index (χ1) is 7.19. The zero-order valence-corrected chi connectivity index (χ0v) is 10.3. The van der Waals surface area contributed by atoms with Crippen molar-refractivity contribution in [2.45, 2.75) is 13.3 Å². The van der Waals surface area contributed by atoms with Crippen LogP contribution in [0, 0.1) is 0 Å². The maximum Gasteiger partial charge on any atom is 0.341 e. The summed E-state index contributed by atoms with van der Waals surface area (Å²) in [4.78, 5) is 11.6. The number of carbonyl (C=O) groups excluding carboxylic acids is 1. The second kappa shape index (κ2) is 5.75. The molecule has 4 heteroatoms. The number of hydrogen-bond acceptors (Lipinski definition) is 3. The van der Waals surface area contributed by atoms with Gasteiger partial charge in [-0.2, -0.15) is 0 Å². The molecule has 0 aliphatic carbocycles. The summed E-state index contributed by atoms with van der Waals surface area (Å²) in [6, 6.07) is 5.20. The summed E-state index contributed by atoms with van der Waals surface area (Å²) in [5.41, 5.74) is 0.453. The smallest absolute Gasteiger partial charge is 0.341 e. The largest absolute Gasteiger partial charge is 0.496 e. The lowest BCUT2D eigenvalue weighted by molar-refractivity contribution is 0.0501. The van der Waals surface area contributed by atoms with Crippen LogP contribution in [0.15, 0.2) is 22.7 Å². The van der Waals surface area contributed by atoms with E-state index >= 15 is 0 Å². The maximum absolute atomic E-state index is 11.6. The van der Waals surface area contributed by atoms with Crippen molar-refractivity contribution in [2.75, 3.05) is 13.7 Å². The van der Waals surface area contributed by atoms with E-state index in [1.165, 1.54) is 7.11 Å². The Bertz CT molecular complexity index is 350. The molecule has 0 aliphatic rings. The summed E-state index contributed by atoms with van der Waals surface area (Å²) >= 11 is 3.31. The van der Waals surface area contributed by atoms with Gasteiger partial charge in [-0.25, -0.2) is 4.79 Å². The molecular formula is C11H13BrO3. The molecule has 0 heterocycles. The summed E-state index contributed by atoms with van der Waals surface area (Å²) in [6.45, 7) is 2.38. The van der Waals surface area contributed by atoms with Crippen LogP contribution in [0.25, 0.3) is 0 Å². The zero-order chi connectivity index (χ0) is 11.3. The molecule has 0 unspecified atom stereocenters. The molecule has 1 aromatic carbocycles. The Labute approximate surface area is 97.5 Å². The summed E-state index contributed by atoms with van der Waals surface area (Å²) in [5.74, 6) is 0.173. The molecule has 0 radical (unpaired) electrons. The predicted molar refractivity (Wildman–Crippen MR) is 61.3 cm³/mol. The molecule has 0 atom stereocenters. The monoisotopic (exact) mass is 272 g/mol. The van der Waals surface area contributed by atoms with Crippen molar-refractivity contribution in [3.63, 3.8) is 0 Å². The first kappa shape index (κ1) is 12.0.